The Kier molecular flexibility index (Phi) is 4.49. The molecule has 0 spiro atoms. The molecule has 0 aliphatic rings. The molecule has 0 aliphatic carbocycles. The van der Waals surface area contributed by atoms with E-state index < -0.39 is 17.6 Å². The first-order valence-electron chi connectivity index (χ1n) is 5.73. The lowest BCUT2D eigenvalue weighted by Gasteiger charge is -2.01. The van der Waals surface area contributed by atoms with Crippen LogP contribution in [0.2, 0.25) is 0 Å². The summed E-state index contributed by atoms with van der Waals surface area (Å²) in [6.07, 6.45) is 0. The van der Waals surface area contributed by atoms with E-state index in [2.05, 4.69) is 20.9 Å². The number of esters is 1. The summed E-state index contributed by atoms with van der Waals surface area (Å²) in [7, 11) is 0. The van der Waals surface area contributed by atoms with Gasteiger partial charge in [-0.3, -0.25) is 0 Å². The Bertz CT molecular complexity index is 673. The molecule has 20 heavy (non-hydrogen) atoms. The van der Waals surface area contributed by atoms with Crippen molar-refractivity contribution in [2.45, 2.75) is 13.8 Å². The highest BCUT2D eigenvalue weighted by Crippen LogP contribution is 2.32. The molecule has 0 saturated heterocycles. The van der Waals surface area contributed by atoms with Gasteiger partial charge in [0, 0.05) is 16.5 Å². The van der Waals surface area contributed by atoms with Gasteiger partial charge in [-0.05, 0) is 35.8 Å². The van der Waals surface area contributed by atoms with E-state index in [9.17, 15) is 13.6 Å². The Morgan fingerprint density at radius 2 is 2.10 bits per heavy atom. The normalized spacial score (nSPS) is 10.7. The lowest BCUT2D eigenvalue weighted by molar-refractivity contribution is 0.0519. The molecule has 1 aromatic heterocycles. The standard InChI is InChI=1S/C13H10BrF2NO2S/c1-3-19-13(18)11-6(2)20-12(17-11)7-4-8(14)10(16)5-9(7)15/h4-5H,3H2,1-2H3. The predicted octanol–water partition coefficient (Wildman–Crippen LogP) is 4.34. The van der Waals surface area contributed by atoms with Crippen LogP contribution in [0.4, 0.5) is 8.78 Å². The van der Waals surface area contributed by atoms with Gasteiger partial charge in [0.2, 0.25) is 0 Å². The lowest BCUT2D eigenvalue weighted by Crippen LogP contribution is -2.06. The van der Waals surface area contributed by atoms with Crippen molar-refractivity contribution in [1.82, 2.24) is 4.98 Å². The van der Waals surface area contributed by atoms with Gasteiger partial charge in [-0.25, -0.2) is 18.6 Å². The number of ether oxygens (including phenoxy) is 1. The minimum absolute atomic E-state index is 0.138. The van der Waals surface area contributed by atoms with Gasteiger partial charge in [0.25, 0.3) is 0 Å². The van der Waals surface area contributed by atoms with E-state index in [4.69, 9.17) is 4.74 Å². The third-order valence-corrected chi connectivity index (χ3v) is 4.12. The van der Waals surface area contributed by atoms with Crippen LogP contribution in [0.5, 0.6) is 0 Å². The predicted molar refractivity (Wildman–Crippen MR) is 75.9 cm³/mol. The molecule has 2 aromatic rings. The fraction of sp³-hybridized carbons (Fsp3) is 0.231. The summed E-state index contributed by atoms with van der Waals surface area (Å²) in [5.74, 6) is -1.96. The van der Waals surface area contributed by atoms with Crippen LogP contribution < -0.4 is 0 Å². The van der Waals surface area contributed by atoms with Crippen LogP contribution in [0.15, 0.2) is 16.6 Å². The smallest absolute Gasteiger partial charge is 0.358 e. The molecule has 106 valence electrons. The fourth-order valence-corrected chi connectivity index (χ4v) is 2.85. The molecule has 0 unspecified atom stereocenters. The number of carbonyl (C=O) groups is 1. The number of aryl methyl sites for hydroxylation is 1. The summed E-state index contributed by atoms with van der Waals surface area (Å²) in [6, 6.07) is 2.08. The highest BCUT2D eigenvalue weighted by molar-refractivity contribution is 9.10. The summed E-state index contributed by atoms with van der Waals surface area (Å²) in [4.78, 5) is 16.4. The molecule has 2 rings (SSSR count). The number of hydrogen-bond donors (Lipinski definition) is 0. The Balaban J connectivity index is 2.47. The Morgan fingerprint density at radius 1 is 1.40 bits per heavy atom. The van der Waals surface area contributed by atoms with Crippen LogP contribution in [-0.2, 0) is 4.74 Å². The lowest BCUT2D eigenvalue weighted by atomic mass is 10.2. The maximum Gasteiger partial charge on any atom is 0.358 e. The summed E-state index contributed by atoms with van der Waals surface area (Å²) in [5, 5.41) is 0.309. The maximum atomic E-state index is 13.8. The molecule has 3 nitrogen and oxygen atoms in total. The molecule has 0 aliphatic heterocycles. The van der Waals surface area contributed by atoms with E-state index in [-0.39, 0.29) is 22.3 Å². The summed E-state index contributed by atoms with van der Waals surface area (Å²) in [6.45, 7) is 3.63. The van der Waals surface area contributed by atoms with E-state index in [1.807, 2.05) is 0 Å². The van der Waals surface area contributed by atoms with E-state index in [1.54, 1.807) is 13.8 Å². The highest BCUT2D eigenvalue weighted by Gasteiger charge is 2.20. The Morgan fingerprint density at radius 3 is 2.75 bits per heavy atom. The molecule has 0 atom stereocenters. The van der Waals surface area contributed by atoms with Crippen LogP contribution in [0.25, 0.3) is 10.6 Å². The zero-order valence-electron chi connectivity index (χ0n) is 10.7. The molecule has 0 N–H and O–H groups in total. The molecule has 0 amide bonds. The van der Waals surface area contributed by atoms with Crippen LogP contribution in [0.3, 0.4) is 0 Å². The van der Waals surface area contributed by atoms with Gasteiger partial charge >= 0.3 is 5.97 Å². The van der Waals surface area contributed by atoms with Crippen molar-refractivity contribution in [2.24, 2.45) is 0 Å². The van der Waals surface area contributed by atoms with Crippen LogP contribution in [-0.4, -0.2) is 17.6 Å². The molecule has 0 bridgehead atoms. The van der Waals surface area contributed by atoms with Crippen molar-refractivity contribution < 1.29 is 18.3 Å². The number of thiazole rings is 1. The number of hydrogen-bond acceptors (Lipinski definition) is 4. The molecule has 0 saturated carbocycles. The van der Waals surface area contributed by atoms with E-state index in [1.165, 1.54) is 6.07 Å². The molecule has 7 heteroatoms. The summed E-state index contributed by atoms with van der Waals surface area (Å²) >= 11 is 4.16. The fourth-order valence-electron chi connectivity index (χ4n) is 1.59. The second-order valence-corrected chi connectivity index (χ2v) is 5.95. The number of aromatic nitrogens is 1. The zero-order valence-corrected chi connectivity index (χ0v) is 13.1. The molecular formula is C13H10BrF2NO2S. The van der Waals surface area contributed by atoms with Crippen molar-refractivity contribution in [2.75, 3.05) is 6.61 Å². The van der Waals surface area contributed by atoms with Crippen LogP contribution in [0, 0.1) is 18.6 Å². The van der Waals surface area contributed by atoms with Crippen LogP contribution in [0.1, 0.15) is 22.3 Å². The van der Waals surface area contributed by atoms with Gasteiger partial charge in [0.15, 0.2) is 5.69 Å². The number of carbonyl (C=O) groups excluding carboxylic acids is 1. The molecule has 0 fully saturated rings. The topological polar surface area (TPSA) is 39.2 Å². The van der Waals surface area contributed by atoms with E-state index in [0.717, 1.165) is 17.4 Å². The number of benzene rings is 1. The average molecular weight is 362 g/mol. The molecule has 1 heterocycles. The minimum atomic E-state index is -0.727. The van der Waals surface area contributed by atoms with Crippen molar-refractivity contribution in [3.05, 3.63) is 38.8 Å². The zero-order chi connectivity index (χ0) is 14.9. The average Bonchev–Trinajstić information content (AvgIpc) is 2.76. The second kappa shape index (κ2) is 5.97. The van der Waals surface area contributed by atoms with Crippen molar-refractivity contribution in [3.63, 3.8) is 0 Å². The number of rotatable bonds is 3. The second-order valence-electron chi connectivity index (χ2n) is 3.89. The van der Waals surface area contributed by atoms with Gasteiger partial charge in [0.1, 0.15) is 16.6 Å². The van der Waals surface area contributed by atoms with Gasteiger partial charge in [-0.2, -0.15) is 0 Å². The first-order valence-corrected chi connectivity index (χ1v) is 7.34. The first-order chi connectivity index (χ1) is 9.43. The summed E-state index contributed by atoms with van der Waals surface area (Å²) < 4.78 is 32.0. The minimum Gasteiger partial charge on any atom is -0.461 e. The van der Waals surface area contributed by atoms with Crippen LogP contribution >= 0.6 is 27.3 Å². The van der Waals surface area contributed by atoms with Crippen molar-refractivity contribution >= 4 is 33.2 Å². The largest absolute Gasteiger partial charge is 0.461 e. The molecule has 1 aromatic carbocycles. The number of halogens is 3. The molecule has 0 radical (unpaired) electrons. The van der Waals surface area contributed by atoms with Gasteiger partial charge in [-0.15, -0.1) is 11.3 Å². The Hall–Kier alpha value is -1.34. The van der Waals surface area contributed by atoms with Gasteiger partial charge in [-0.1, -0.05) is 0 Å². The third-order valence-electron chi connectivity index (χ3n) is 2.51. The monoisotopic (exact) mass is 361 g/mol. The van der Waals surface area contributed by atoms with E-state index >= 15 is 0 Å². The third kappa shape index (κ3) is 2.88. The summed E-state index contributed by atoms with van der Waals surface area (Å²) in [5.41, 5.74) is 0.300. The van der Waals surface area contributed by atoms with E-state index in [0.29, 0.717) is 9.88 Å². The van der Waals surface area contributed by atoms with Gasteiger partial charge < -0.3 is 4.74 Å². The van der Waals surface area contributed by atoms with Crippen molar-refractivity contribution in [1.29, 1.82) is 0 Å². The quantitative estimate of drug-likeness (QED) is 0.603. The SMILES string of the molecule is CCOC(=O)c1nc(-c2cc(Br)c(F)cc2F)sc1C. The maximum absolute atomic E-state index is 13.8. The number of nitrogens with zero attached hydrogens (tertiary/aromatic N) is 1. The van der Waals surface area contributed by atoms with Crippen molar-refractivity contribution in [3.8, 4) is 10.6 Å². The molecular weight excluding hydrogens is 352 g/mol. The first kappa shape index (κ1) is 15.1. The highest BCUT2D eigenvalue weighted by atomic mass is 79.9. The Labute approximate surface area is 126 Å². The van der Waals surface area contributed by atoms with Gasteiger partial charge in [0.05, 0.1) is 11.1 Å².